The number of aryl methyl sites for hydroxylation is 1. The van der Waals surface area contributed by atoms with Gasteiger partial charge < -0.3 is 5.32 Å². The first-order valence-electron chi connectivity index (χ1n) is 5.11. The third-order valence-electron chi connectivity index (χ3n) is 2.03. The summed E-state index contributed by atoms with van der Waals surface area (Å²) in [5, 5.41) is 7.40. The highest BCUT2D eigenvalue weighted by molar-refractivity contribution is 5.48. The van der Waals surface area contributed by atoms with Gasteiger partial charge in [0.05, 0.1) is 5.69 Å². The van der Waals surface area contributed by atoms with Crippen molar-refractivity contribution in [3.8, 4) is 0 Å². The van der Waals surface area contributed by atoms with Gasteiger partial charge in [0.1, 0.15) is 0 Å². The molecule has 1 heterocycles. The second-order valence-corrected chi connectivity index (χ2v) is 3.50. The quantitative estimate of drug-likeness (QED) is 0.774. The van der Waals surface area contributed by atoms with E-state index in [1.807, 2.05) is 17.9 Å². The summed E-state index contributed by atoms with van der Waals surface area (Å²) in [7, 11) is 1.96. The Morgan fingerprint density at radius 2 is 2.43 bits per heavy atom. The van der Waals surface area contributed by atoms with Crippen LogP contribution in [0.15, 0.2) is 17.8 Å². The normalized spacial score (nSPS) is 12.1. The van der Waals surface area contributed by atoms with Gasteiger partial charge in [-0.15, -0.1) is 0 Å². The second kappa shape index (κ2) is 5.60. The molecular weight excluding hydrogens is 174 g/mol. The first-order chi connectivity index (χ1) is 6.77. The van der Waals surface area contributed by atoms with Crippen molar-refractivity contribution in [3.63, 3.8) is 0 Å². The lowest BCUT2D eigenvalue weighted by Gasteiger charge is -2.03. The summed E-state index contributed by atoms with van der Waals surface area (Å²) in [6.07, 6.45) is 5.15. The monoisotopic (exact) mass is 193 g/mol. The zero-order chi connectivity index (χ0) is 10.4. The van der Waals surface area contributed by atoms with Gasteiger partial charge in [0.2, 0.25) is 0 Å². The van der Waals surface area contributed by atoms with E-state index in [1.54, 1.807) is 0 Å². The van der Waals surface area contributed by atoms with Crippen molar-refractivity contribution in [3.05, 3.63) is 23.5 Å². The summed E-state index contributed by atoms with van der Waals surface area (Å²) in [5.41, 5.74) is 2.52. The number of hydrogen-bond acceptors (Lipinski definition) is 2. The predicted octanol–water partition coefficient (Wildman–Crippen LogP) is 1.92. The van der Waals surface area contributed by atoms with Gasteiger partial charge in [-0.25, -0.2) is 0 Å². The molecule has 1 aromatic rings. The zero-order valence-corrected chi connectivity index (χ0v) is 9.25. The van der Waals surface area contributed by atoms with Crippen molar-refractivity contribution in [2.24, 2.45) is 0 Å². The fraction of sp³-hybridized carbons (Fsp3) is 0.545. The van der Waals surface area contributed by atoms with E-state index in [-0.39, 0.29) is 0 Å². The van der Waals surface area contributed by atoms with Gasteiger partial charge in [-0.1, -0.05) is 12.5 Å². The Labute approximate surface area is 85.8 Å². The third kappa shape index (κ3) is 3.00. The van der Waals surface area contributed by atoms with Crippen LogP contribution in [0.5, 0.6) is 0 Å². The molecule has 78 valence electrons. The van der Waals surface area contributed by atoms with Crippen molar-refractivity contribution >= 4 is 6.08 Å². The minimum absolute atomic E-state index is 0.928. The molecule has 0 aliphatic rings. The van der Waals surface area contributed by atoms with Crippen LogP contribution in [-0.4, -0.2) is 23.4 Å². The number of hydrogen-bond donors (Lipinski definition) is 1. The molecule has 0 atom stereocenters. The largest absolute Gasteiger partial charge is 0.316 e. The Kier molecular flexibility index (Phi) is 4.40. The lowest BCUT2D eigenvalue weighted by Crippen LogP contribution is -2.09. The Balaban J connectivity index is 2.74. The summed E-state index contributed by atoms with van der Waals surface area (Å²) in [6, 6.07) is 2.05. The molecule has 0 aliphatic heterocycles. The van der Waals surface area contributed by atoms with E-state index in [0.29, 0.717) is 0 Å². The minimum Gasteiger partial charge on any atom is -0.316 e. The molecule has 0 radical (unpaired) electrons. The van der Waals surface area contributed by atoms with E-state index in [4.69, 9.17) is 0 Å². The fourth-order valence-corrected chi connectivity index (χ4v) is 1.45. The van der Waals surface area contributed by atoms with Crippen molar-refractivity contribution in [2.75, 3.05) is 13.6 Å². The first kappa shape index (κ1) is 11.0. The predicted molar refractivity (Wildman–Crippen MR) is 60.1 cm³/mol. The van der Waals surface area contributed by atoms with Crippen LogP contribution in [0.25, 0.3) is 6.08 Å². The van der Waals surface area contributed by atoms with Crippen molar-refractivity contribution < 1.29 is 0 Å². The highest BCUT2D eigenvalue weighted by atomic mass is 15.3. The van der Waals surface area contributed by atoms with Crippen molar-refractivity contribution in [1.29, 1.82) is 0 Å². The van der Waals surface area contributed by atoms with Gasteiger partial charge in [-0.2, -0.15) is 5.10 Å². The standard InChI is InChI=1S/C11H19N3/c1-4-7-14-11(5-6-13-14)8-10(2)9-12-3/h5-6,8,12H,4,7,9H2,1-3H3/b10-8-. The summed E-state index contributed by atoms with van der Waals surface area (Å²) in [4.78, 5) is 0. The van der Waals surface area contributed by atoms with Crippen LogP contribution < -0.4 is 5.32 Å². The maximum Gasteiger partial charge on any atom is 0.0609 e. The first-order valence-corrected chi connectivity index (χ1v) is 5.11. The molecule has 1 aromatic heterocycles. The Morgan fingerprint density at radius 3 is 3.07 bits per heavy atom. The Morgan fingerprint density at radius 1 is 1.64 bits per heavy atom. The van der Waals surface area contributed by atoms with Crippen molar-refractivity contribution in [2.45, 2.75) is 26.8 Å². The fourth-order valence-electron chi connectivity index (χ4n) is 1.45. The molecule has 0 bridgehead atoms. The van der Waals surface area contributed by atoms with Crippen LogP contribution in [0.4, 0.5) is 0 Å². The molecule has 1 N–H and O–H groups in total. The Bertz CT molecular complexity index is 299. The number of rotatable bonds is 5. The van der Waals surface area contributed by atoms with Crippen LogP contribution in [0, 0.1) is 0 Å². The van der Waals surface area contributed by atoms with Gasteiger partial charge in [0, 0.05) is 19.3 Å². The lowest BCUT2D eigenvalue weighted by atomic mass is 10.2. The maximum absolute atomic E-state index is 4.27. The van der Waals surface area contributed by atoms with Crippen LogP contribution in [-0.2, 0) is 6.54 Å². The van der Waals surface area contributed by atoms with Crippen LogP contribution in [0.1, 0.15) is 26.0 Å². The third-order valence-corrected chi connectivity index (χ3v) is 2.03. The molecule has 0 unspecified atom stereocenters. The van der Waals surface area contributed by atoms with Crippen molar-refractivity contribution in [1.82, 2.24) is 15.1 Å². The zero-order valence-electron chi connectivity index (χ0n) is 9.25. The average molecular weight is 193 g/mol. The molecule has 0 saturated carbocycles. The molecule has 3 heteroatoms. The molecule has 0 amide bonds. The maximum atomic E-state index is 4.27. The molecule has 3 nitrogen and oxygen atoms in total. The summed E-state index contributed by atoms with van der Waals surface area (Å²) in [6.45, 7) is 6.21. The van der Waals surface area contributed by atoms with E-state index in [0.717, 1.165) is 19.5 Å². The summed E-state index contributed by atoms with van der Waals surface area (Å²) >= 11 is 0. The van der Waals surface area contributed by atoms with Gasteiger partial charge in [0.15, 0.2) is 0 Å². The number of nitrogens with one attached hydrogen (secondary N) is 1. The summed E-state index contributed by atoms with van der Waals surface area (Å²) in [5.74, 6) is 0. The minimum atomic E-state index is 0.928. The topological polar surface area (TPSA) is 29.9 Å². The average Bonchev–Trinajstić information content (AvgIpc) is 2.54. The number of aromatic nitrogens is 2. The van der Waals surface area contributed by atoms with Crippen LogP contribution >= 0.6 is 0 Å². The van der Waals surface area contributed by atoms with Gasteiger partial charge in [-0.3, -0.25) is 4.68 Å². The van der Waals surface area contributed by atoms with E-state index in [9.17, 15) is 0 Å². The smallest absolute Gasteiger partial charge is 0.0609 e. The molecule has 0 fully saturated rings. The summed E-state index contributed by atoms with van der Waals surface area (Å²) < 4.78 is 2.04. The number of likely N-dealkylation sites (N-methyl/N-ethyl adjacent to an activating group) is 1. The SMILES string of the molecule is CCCn1nccc1/C=C(/C)CNC. The van der Waals surface area contributed by atoms with E-state index in [1.165, 1.54) is 11.3 Å². The van der Waals surface area contributed by atoms with E-state index >= 15 is 0 Å². The second-order valence-electron chi connectivity index (χ2n) is 3.50. The molecule has 0 aliphatic carbocycles. The van der Waals surface area contributed by atoms with Gasteiger partial charge >= 0.3 is 0 Å². The number of nitrogens with zero attached hydrogens (tertiary/aromatic N) is 2. The molecular formula is C11H19N3. The molecule has 0 aromatic carbocycles. The molecule has 1 rings (SSSR count). The molecule has 14 heavy (non-hydrogen) atoms. The van der Waals surface area contributed by atoms with Crippen LogP contribution in [0.2, 0.25) is 0 Å². The molecule has 0 spiro atoms. The van der Waals surface area contributed by atoms with E-state index in [2.05, 4.69) is 36.4 Å². The lowest BCUT2D eigenvalue weighted by molar-refractivity contribution is 0.598. The highest BCUT2D eigenvalue weighted by Gasteiger charge is 1.98. The van der Waals surface area contributed by atoms with E-state index < -0.39 is 0 Å². The van der Waals surface area contributed by atoms with Gasteiger partial charge in [-0.05, 0) is 32.5 Å². The van der Waals surface area contributed by atoms with Gasteiger partial charge in [0.25, 0.3) is 0 Å². The highest BCUT2D eigenvalue weighted by Crippen LogP contribution is 2.06. The Hall–Kier alpha value is -1.09. The van der Waals surface area contributed by atoms with Crippen LogP contribution in [0.3, 0.4) is 0 Å². The molecule has 0 saturated heterocycles.